The first-order valence-corrected chi connectivity index (χ1v) is 11.2. The number of hydrogen-bond donors (Lipinski definition) is 0. The van der Waals surface area contributed by atoms with E-state index in [0.717, 1.165) is 28.8 Å². The molecule has 1 atom stereocenters. The Morgan fingerprint density at radius 2 is 1.87 bits per heavy atom. The Bertz CT molecular complexity index is 948. The summed E-state index contributed by atoms with van der Waals surface area (Å²) >= 11 is -1.27. The van der Waals surface area contributed by atoms with Crippen molar-refractivity contribution in [3.05, 3.63) is 42.1 Å². The van der Waals surface area contributed by atoms with Crippen LogP contribution >= 0.6 is 0 Å². The Labute approximate surface area is 179 Å². The molecule has 0 aliphatic rings. The third-order valence-electron chi connectivity index (χ3n) is 4.43. The maximum atomic E-state index is 12.4. The summed E-state index contributed by atoms with van der Waals surface area (Å²) in [6.07, 6.45) is 4.04. The Morgan fingerprint density at radius 3 is 2.67 bits per heavy atom. The average molecular weight is 434 g/mol. The third-order valence-corrected chi connectivity index (χ3v) is 5.32. The third kappa shape index (κ3) is 5.50. The van der Waals surface area contributed by atoms with Crippen molar-refractivity contribution in [1.29, 1.82) is 0 Å². The standard InChI is InChI=1S/C21H27N3O5S/c1-16-19(29-12-6-11-27-15-28-14-13-26-2)9-10-22-20(16)21-23-17-7-4-5-8-18(17)24(21)30(3)25/h4-5,7-10H,6,11-15H2,1-3H3. The average Bonchev–Trinajstić information content (AvgIpc) is 3.13. The maximum Gasteiger partial charge on any atom is 0.206 e. The van der Waals surface area contributed by atoms with Crippen LogP contribution in [-0.4, -0.2) is 65.1 Å². The van der Waals surface area contributed by atoms with Crippen LogP contribution in [0, 0.1) is 6.92 Å². The normalized spacial score (nSPS) is 12.4. The van der Waals surface area contributed by atoms with E-state index in [-0.39, 0.29) is 6.79 Å². The van der Waals surface area contributed by atoms with Crippen molar-refractivity contribution in [2.45, 2.75) is 13.3 Å². The lowest BCUT2D eigenvalue weighted by Crippen LogP contribution is -2.13. The zero-order valence-corrected chi connectivity index (χ0v) is 18.3. The number of fused-ring (bicyclic) bond motifs is 1. The van der Waals surface area contributed by atoms with Gasteiger partial charge in [-0.25, -0.2) is 4.98 Å². The summed E-state index contributed by atoms with van der Waals surface area (Å²) in [7, 11) is 1.63. The zero-order chi connectivity index (χ0) is 21.3. The molecular formula is C21H27N3O5S. The quantitative estimate of drug-likeness (QED) is 0.246. The van der Waals surface area contributed by atoms with Crippen molar-refractivity contribution >= 4 is 22.4 Å². The first kappa shape index (κ1) is 22.5. The van der Waals surface area contributed by atoms with Gasteiger partial charge >= 0.3 is 0 Å². The van der Waals surface area contributed by atoms with Crippen LogP contribution in [-0.2, 0) is 25.6 Å². The van der Waals surface area contributed by atoms with Crippen molar-refractivity contribution in [2.24, 2.45) is 0 Å². The van der Waals surface area contributed by atoms with Gasteiger partial charge in [-0.3, -0.25) is 4.98 Å². The molecule has 30 heavy (non-hydrogen) atoms. The lowest BCUT2D eigenvalue weighted by Gasteiger charge is -2.13. The second-order valence-electron chi connectivity index (χ2n) is 6.55. The van der Waals surface area contributed by atoms with Gasteiger partial charge in [-0.2, -0.15) is 0 Å². The van der Waals surface area contributed by atoms with Crippen LogP contribution in [0.1, 0.15) is 12.0 Å². The highest BCUT2D eigenvalue weighted by molar-refractivity contribution is 7.89. The summed E-state index contributed by atoms with van der Waals surface area (Å²) in [5.41, 5.74) is 3.09. The van der Waals surface area contributed by atoms with Gasteiger partial charge in [0.15, 0.2) is 0 Å². The van der Waals surface area contributed by atoms with Crippen LogP contribution in [0.5, 0.6) is 5.75 Å². The first-order valence-electron chi connectivity index (χ1n) is 9.68. The molecule has 0 saturated heterocycles. The predicted octanol–water partition coefficient (Wildman–Crippen LogP) is 2.95. The molecule has 0 radical (unpaired) electrons. The molecule has 0 bridgehead atoms. The van der Waals surface area contributed by atoms with E-state index in [0.29, 0.717) is 37.9 Å². The molecular weight excluding hydrogens is 406 g/mol. The van der Waals surface area contributed by atoms with E-state index in [1.54, 1.807) is 23.5 Å². The molecule has 0 N–H and O–H groups in total. The molecule has 0 fully saturated rings. The second-order valence-corrected chi connectivity index (χ2v) is 7.77. The summed E-state index contributed by atoms with van der Waals surface area (Å²) in [6.45, 7) is 4.27. The van der Waals surface area contributed by atoms with Crippen molar-refractivity contribution in [2.75, 3.05) is 46.6 Å². The van der Waals surface area contributed by atoms with Crippen LogP contribution in [0.3, 0.4) is 0 Å². The second kappa shape index (κ2) is 11.3. The van der Waals surface area contributed by atoms with E-state index in [4.69, 9.17) is 18.9 Å². The minimum atomic E-state index is -1.27. The van der Waals surface area contributed by atoms with Gasteiger partial charge in [0.25, 0.3) is 0 Å². The SMILES string of the molecule is COCCOCOCCCOc1ccnc(-c2nc3ccccc3n2[S+](C)[O-])c1C. The van der Waals surface area contributed by atoms with Gasteiger partial charge in [0, 0.05) is 25.3 Å². The Kier molecular flexibility index (Phi) is 8.47. The smallest absolute Gasteiger partial charge is 0.206 e. The molecule has 162 valence electrons. The molecule has 9 heteroatoms. The molecule has 1 unspecified atom stereocenters. The van der Waals surface area contributed by atoms with Crippen LogP contribution in [0.4, 0.5) is 0 Å². The topological polar surface area (TPSA) is 90.7 Å². The van der Waals surface area contributed by atoms with Crippen molar-refractivity contribution in [3.63, 3.8) is 0 Å². The highest BCUT2D eigenvalue weighted by Gasteiger charge is 2.22. The summed E-state index contributed by atoms with van der Waals surface area (Å²) in [5, 5.41) is 0. The number of imidazole rings is 1. The number of para-hydroxylation sites is 2. The van der Waals surface area contributed by atoms with E-state index >= 15 is 0 Å². The number of nitrogens with zero attached hydrogens (tertiary/aromatic N) is 3. The molecule has 0 amide bonds. The maximum absolute atomic E-state index is 12.4. The van der Waals surface area contributed by atoms with Gasteiger partial charge in [-0.1, -0.05) is 12.1 Å². The Balaban J connectivity index is 1.65. The number of methoxy groups -OCH3 is 1. The van der Waals surface area contributed by atoms with E-state index in [1.807, 2.05) is 37.3 Å². The fraction of sp³-hybridized carbons (Fsp3) is 0.429. The molecule has 1 aromatic carbocycles. The van der Waals surface area contributed by atoms with Crippen molar-refractivity contribution in [1.82, 2.24) is 13.9 Å². The lowest BCUT2D eigenvalue weighted by atomic mass is 10.2. The van der Waals surface area contributed by atoms with E-state index in [2.05, 4.69) is 9.97 Å². The van der Waals surface area contributed by atoms with Crippen LogP contribution in [0.25, 0.3) is 22.6 Å². The largest absolute Gasteiger partial charge is 0.593 e. The van der Waals surface area contributed by atoms with E-state index < -0.39 is 11.4 Å². The highest BCUT2D eigenvalue weighted by Crippen LogP contribution is 2.31. The molecule has 0 saturated carbocycles. The van der Waals surface area contributed by atoms with Crippen molar-refractivity contribution in [3.8, 4) is 17.3 Å². The van der Waals surface area contributed by atoms with Gasteiger partial charge in [0.1, 0.15) is 30.0 Å². The number of benzene rings is 1. The first-order chi connectivity index (χ1) is 14.6. The van der Waals surface area contributed by atoms with Gasteiger partial charge in [-0.05, 0) is 25.1 Å². The predicted molar refractivity (Wildman–Crippen MR) is 116 cm³/mol. The number of rotatable bonds is 12. The summed E-state index contributed by atoms with van der Waals surface area (Å²) in [6, 6.07) is 9.44. The molecule has 0 spiro atoms. The summed E-state index contributed by atoms with van der Waals surface area (Å²) < 4.78 is 35.6. The van der Waals surface area contributed by atoms with Crippen LogP contribution in [0.2, 0.25) is 0 Å². The minimum absolute atomic E-state index is 0.242. The number of pyridine rings is 1. The summed E-state index contributed by atoms with van der Waals surface area (Å²) in [4.78, 5) is 9.16. The molecule has 2 heterocycles. The summed E-state index contributed by atoms with van der Waals surface area (Å²) in [5.74, 6) is 1.29. The minimum Gasteiger partial charge on any atom is -0.593 e. The van der Waals surface area contributed by atoms with Gasteiger partial charge in [0.2, 0.25) is 5.82 Å². The number of aromatic nitrogens is 3. The van der Waals surface area contributed by atoms with Crippen molar-refractivity contribution < 1.29 is 23.5 Å². The van der Waals surface area contributed by atoms with Gasteiger partial charge < -0.3 is 23.5 Å². The van der Waals surface area contributed by atoms with Gasteiger partial charge in [0.05, 0.1) is 43.3 Å². The Hall–Kier alpha value is -2.17. The molecule has 0 aliphatic heterocycles. The zero-order valence-electron chi connectivity index (χ0n) is 17.5. The molecule has 2 aromatic heterocycles. The fourth-order valence-electron chi connectivity index (χ4n) is 2.98. The number of ether oxygens (including phenoxy) is 4. The van der Waals surface area contributed by atoms with Gasteiger partial charge in [-0.15, -0.1) is 3.97 Å². The fourth-order valence-corrected chi connectivity index (χ4v) is 3.78. The molecule has 3 aromatic rings. The molecule has 0 aliphatic carbocycles. The lowest BCUT2D eigenvalue weighted by molar-refractivity contribution is -0.0674. The number of hydrogen-bond acceptors (Lipinski definition) is 7. The van der Waals surface area contributed by atoms with Crippen LogP contribution < -0.4 is 4.74 Å². The van der Waals surface area contributed by atoms with E-state index in [9.17, 15) is 4.55 Å². The highest BCUT2D eigenvalue weighted by atomic mass is 32.2. The Morgan fingerprint density at radius 1 is 1.07 bits per heavy atom. The monoisotopic (exact) mass is 433 g/mol. The molecule has 8 nitrogen and oxygen atoms in total. The van der Waals surface area contributed by atoms with E-state index in [1.165, 1.54) is 0 Å². The molecule has 3 rings (SSSR count). The van der Waals surface area contributed by atoms with Crippen LogP contribution in [0.15, 0.2) is 36.5 Å².